The lowest BCUT2D eigenvalue weighted by Crippen LogP contribution is -2.16. The van der Waals surface area contributed by atoms with E-state index in [0.717, 1.165) is 16.3 Å². The van der Waals surface area contributed by atoms with Gasteiger partial charge in [-0.3, -0.25) is 4.98 Å². The number of pyridine rings is 1. The second-order valence-electron chi connectivity index (χ2n) is 4.81. The monoisotopic (exact) mass is 282 g/mol. The van der Waals surface area contributed by atoms with E-state index in [9.17, 15) is 9.50 Å². The average molecular weight is 282 g/mol. The predicted octanol–water partition coefficient (Wildman–Crippen LogP) is 3.52. The van der Waals surface area contributed by atoms with Crippen LogP contribution in [0.15, 0.2) is 60.9 Å². The van der Waals surface area contributed by atoms with Crippen LogP contribution in [-0.2, 0) is 0 Å². The second kappa shape index (κ2) is 5.89. The fraction of sp³-hybridized carbons (Fsp3) is 0.118. The molecular formula is C17H15FN2O. The van der Waals surface area contributed by atoms with Crippen molar-refractivity contribution in [1.82, 2.24) is 4.98 Å². The molecule has 0 saturated carbocycles. The summed E-state index contributed by atoms with van der Waals surface area (Å²) in [6.45, 7) is -0.149. The second-order valence-corrected chi connectivity index (χ2v) is 4.81. The SMILES string of the molecule is OCC(Nc1ccccc1F)c1cncc2ccccc12. The molecule has 1 aromatic heterocycles. The Hall–Kier alpha value is -2.46. The molecule has 1 atom stereocenters. The summed E-state index contributed by atoms with van der Waals surface area (Å²) in [5.74, 6) is -0.343. The zero-order chi connectivity index (χ0) is 14.7. The van der Waals surface area contributed by atoms with Gasteiger partial charge in [-0.15, -0.1) is 0 Å². The van der Waals surface area contributed by atoms with Gasteiger partial charge in [0.15, 0.2) is 0 Å². The fourth-order valence-corrected chi connectivity index (χ4v) is 2.41. The Morgan fingerprint density at radius 2 is 1.81 bits per heavy atom. The van der Waals surface area contributed by atoms with E-state index in [1.54, 1.807) is 30.6 Å². The lowest BCUT2D eigenvalue weighted by molar-refractivity contribution is 0.276. The van der Waals surface area contributed by atoms with Gasteiger partial charge in [-0.25, -0.2) is 4.39 Å². The first kappa shape index (κ1) is 13.5. The van der Waals surface area contributed by atoms with Crippen LogP contribution in [0.25, 0.3) is 10.8 Å². The molecule has 3 rings (SSSR count). The van der Waals surface area contributed by atoms with E-state index in [2.05, 4.69) is 10.3 Å². The van der Waals surface area contributed by atoms with Crippen LogP contribution in [0, 0.1) is 5.82 Å². The molecule has 0 saturated heterocycles. The highest BCUT2D eigenvalue weighted by atomic mass is 19.1. The summed E-state index contributed by atoms with van der Waals surface area (Å²) in [5, 5.41) is 14.7. The van der Waals surface area contributed by atoms with Crippen molar-refractivity contribution in [1.29, 1.82) is 0 Å². The van der Waals surface area contributed by atoms with Gasteiger partial charge in [0.2, 0.25) is 0 Å². The third-order valence-electron chi connectivity index (χ3n) is 3.46. The normalized spacial score (nSPS) is 12.3. The van der Waals surface area contributed by atoms with E-state index in [4.69, 9.17) is 0 Å². The van der Waals surface area contributed by atoms with Crippen LogP contribution < -0.4 is 5.32 Å². The fourth-order valence-electron chi connectivity index (χ4n) is 2.41. The molecule has 3 nitrogen and oxygen atoms in total. The number of aliphatic hydroxyl groups excluding tert-OH is 1. The van der Waals surface area contributed by atoms with Crippen molar-refractivity contribution in [2.45, 2.75) is 6.04 Å². The highest BCUT2D eigenvalue weighted by Gasteiger charge is 2.15. The first-order valence-corrected chi connectivity index (χ1v) is 6.74. The van der Waals surface area contributed by atoms with E-state index < -0.39 is 6.04 Å². The number of hydrogen-bond acceptors (Lipinski definition) is 3. The van der Waals surface area contributed by atoms with Crippen molar-refractivity contribution in [2.24, 2.45) is 0 Å². The molecular weight excluding hydrogens is 267 g/mol. The third kappa shape index (κ3) is 2.71. The van der Waals surface area contributed by atoms with Gasteiger partial charge in [-0.2, -0.15) is 0 Å². The minimum atomic E-state index is -0.416. The molecule has 1 unspecified atom stereocenters. The zero-order valence-electron chi connectivity index (χ0n) is 11.3. The molecule has 2 N–H and O–H groups in total. The molecule has 21 heavy (non-hydrogen) atoms. The Bertz CT molecular complexity index is 755. The number of halogens is 1. The number of nitrogens with one attached hydrogen (secondary N) is 1. The largest absolute Gasteiger partial charge is 0.394 e. The van der Waals surface area contributed by atoms with Crippen LogP contribution in [0.3, 0.4) is 0 Å². The van der Waals surface area contributed by atoms with Gasteiger partial charge in [0, 0.05) is 23.3 Å². The molecule has 0 aliphatic carbocycles. The average Bonchev–Trinajstić information content (AvgIpc) is 2.54. The van der Waals surface area contributed by atoms with Crippen molar-refractivity contribution in [3.8, 4) is 0 Å². The van der Waals surface area contributed by atoms with E-state index >= 15 is 0 Å². The number of aliphatic hydroxyl groups is 1. The Labute approximate surface area is 122 Å². The molecule has 1 heterocycles. The maximum Gasteiger partial charge on any atom is 0.146 e. The number of nitrogens with zero attached hydrogens (tertiary/aromatic N) is 1. The molecule has 0 aliphatic rings. The maximum absolute atomic E-state index is 13.8. The molecule has 0 spiro atoms. The van der Waals surface area contributed by atoms with Gasteiger partial charge in [-0.05, 0) is 17.5 Å². The summed E-state index contributed by atoms with van der Waals surface area (Å²) in [6.07, 6.45) is 3.48. The molecule has 0 radical (unpaired) electrons. The van der Waals surface area contributed by atoms with E-state index in [0.29, 0.717) is 5.69 Å². The first-order chi connectivity index (χ1) is 10.3. The van der Waals surface area contributed by atoms with Crippen molar-refractivity contribution >= 4 is 16.5 Å². The summed E-state index contributed by atoms with van der Waals surface area (Å²) in [5.41, 5.74) is 1.21. The molecule has 0 bridgehead atoms. The van der Waals surface area contributed by atoms with Crippen LogP contribution >= 0.6 is 0 Å². The summed E-state index contributed by atoms with van der Waals surface area (Å²) >= 11 is 0. The van der Waals surface area contributed by atoms with Crippen LogP contribution in [0.1, 0.15) is 11.6 Å². The topological polar surface area (TPSA) is 45.1 Å². The summed E-state index contributed by atoms with van der Waals surface area (Å²) in [6, 6.07) is 13.8. The van der Waals surface area contributed by atoms with Gasteiger partial charge in [0.05, 0.1) is 18.3 Å². The highest BCUT2D eigenvalue weighted by Crippen LogP contribution is 2.26. The lowest BCUT2D eigenvalue weighted by Gasteiger charge is -2.19. The van der Waals surface area contributed by atoms with Gasteiger partial charge in [0.1, 0.15) is 5.82 Å². The minimum Gasteiger partial charge on any atom is -0.394 e. The molecule has 3 aromatic rings. The number of anilines is 1. The predicted molar refractivity (Wildman–Crippen MR) is 81.6 cm³/mol. The number of para-hydroxylation sites is 1. The van der Waals surface area contributed by atoms with Crippen LogP contribution in [0.2, 0.25) is 0 Å². The smallest absolute Gasteiger partial charge is 0.146 e. The van der Waals surface area contributed by atoms with E-state index in [-0.39, 0.29) is 12.4 Å². The molecule has 0 fully saturated rings. The highest BCUT2D eigenvalue weighted by molar-refractivity contribution is 5.85. The van der Waals surface area contributed by atoms with Crippen LogP contribution in [0.4, 0.5) is 10.1 Å². The minimum absolute atomic E-state index is 0.149. The zero-order valence-corrected chi connectivity index (χ0v) is 11.3. The van der Waals surface area contributed by atoms with Crippen LogP contribution in [0.5, 0.6) is 0 Å². The number of rotatable bonds is 4. The van der Waals surface area contributed by atoms with Crippen molar-refractivity contribution < 1.29 is 9.50 Å². The van der Waals surface area contributed by atoms with Crippen molar-refractivity contribution in [3.63, 3.8) is 0 Å². The standard InChI is InChI=1S/C17H15FN2O/c18-15-7-3-4-8-16(15)20-17(11-21)14-10-19-9-12-5-1-2-6-13(12)14/h1-10,17,20-21H,11H2. The van der Waals surface area contributed by atoms with Crippen LogP contribution in [-0.4, -0.2) is 16.7 Å². The summed E-state index contributed by atoms with van der Waals surface area (Å²) in [7, 11) is 0. The number of aromatic nitrogens is 1. The van der Waals surface area contributed by atoms with E-state index in [1.165, 1.54) is 6.07 Å². The summed E-state index contributed by atoms with van der Waals surface area (Å²) < 4.78 is 13.8. The van der Waals surface area contributed by atoms with Gasteiger partial charge < -0.3 is 10.4 Å². The Morgan fingerprint density at radius 1 is 1.05 bits per heavy atom. The molecule has 2 aromatic carbocycles. The Balaban J connectivity index is 2.01. The molecule has 0 aliphatic heterocycles. The lowest BCUT2D eigenvalue weighted by atomic mass is 10.0. The Morgan fingerprint density at radius 3 is 2.62 bits per heavy atom. The van der Waals surface area contributed by atoms with Gasteiger partial charge in [0.25, 0.3) is 0 Å². The molecule has 106 valence electrons. The number of fused-ring (bicyclic) bond motifs is 1. The van der Waals surface area contributed by atoms with Gasteiger partial charge in [-0.1, -0.05) is 36.4 Å². The summed E-state index contributed by atoms with van der Waals surface area (Å²) in [4.78, 5) is 4.20. The maximum atomic E-state index is 13.8. The first-order valence-electron chi connectivity index (χ1n) is 6.74. The number of benzene rings is 2. The Kier molecular flexibility index (Phi) is 3.79. The third-order valence-corrected chi connectivity index (χ3v) is 3.46. The van der Waals surface area contributed by atoms with Crippen molar-refractivity contribution in [3.05, 3.63) is 72.3 Å². The molecule has 0 amide bonds. The quantitative estimate of drug-likeness (QED) is 0.769. The number of hydrogen-bond donors (Lipinski definition) is 2. The van der Waals surface area contributed by atoms with Crippen molar-refractivity contribution in [2.75, 3.05) is 11.9 Å². The molecule has 4 heteroatoms. The van der Waals surface area contributed by atoms with E-state index in [1.807, 2.05) is 24.3 Å². The van der Waals surface area contributed by atoms with Gasteiger partial charge >= 0.3 is 0 Å².